The van der Waals surface area contributed by atoms with Crippen molar-refractivity contribution in [3.63, 3.8) is 0 Å². The van der Waals surface area contributed by atoms with Crippen molar-refractivity contribution in [2.75, 3.05) is 36.5 Å². The summed E-state index contributed by atoms with van der Waals surface area (Å²) in [7, 11) is -2.92. The van der Waals surface area contributed by atoms with Crippen LogP contribution in [-0.4, -0.2) is 68.8 Å². The van der Waals surface area contributed by atoms with E-state index in [9.17, 15) is 26.4 Å². The molecule has 162 valence electrons. The number of hydrogen-bond donors (Lipinski definition) is 2. The fourth-order valence-electron chi connectivity index (χ4n) is 3.51. The first kappa shape index (κ1) is 21.7. The molecule has 2 saturated heterocycles. The highest BCUT2D eigenvalue weighted by atomic mass is 32.2. The molecule has 0 spiro atoms. The third kappa shape index (κ3) is 6.77. The Morgan fingerprint density at radius 3 is 2.31 bits per heavy atom. The maximum atomic E-state index is 12.4. The lowest BCUT2D eigenvalue weighted by Crippen LogP contribution is -2.49. The van der Waals surface area contributed by atoms with E-state index in [2.05, 4.69) is 15.4 Å². The van der Waals surface area contributed by atoms with E-state index in [0.29, 0.717) is 25.2 Å². The number of amides is 2. The Labute approximate surface area is 167 Å². The number of sulfone groups is 1. The molecule has 2 heterocycles. The summed E-state index contributed by atoms with van der Waals surface area (Å²) in [6.45, 7) is -0.292. The minimum atomic E-state index is -4.40. The number of anilines is 1. The molecule has 1 unspecified atom stereocenters. The van der Waals surface area contributed by atoms with Crippen molar-refractivity contribution in [1.29, 1.82) is 0 Å². The fraction of sp³-hybridized carbons (Fsp3) is 0.611. The number of nitrogens with zero attached hydrogens (tertiary/aromatic N) is 1. The van der Waals surface area contributed by atoms with Gasteiger partial charge in [-0.15, -0.1) is 0 Å². The van der Waals surface area contributed by atoms with Gasteiger partial charge in [-0.2, -0.15) is 13.2 Å². The third-order valence-electron chi connectivity index (χ3n) is 4.99. The van der Waals surface area contributed by atoms with Crippen LogP contribution >= 0.6 is 0 Å². The van der Waals surface area contributed by atoms with Crippen LogP contribution in [0.3, 0.4) is 0 Å². The lowest BCUT2D eigenvalue weighted by atomic mass is 10.0. The molecule has 2 fully saturated rings. The van der Waals surface area contributed by atoms with Gasteiger partial charge in [0, 0.05) is 30.9 Å². The zero-order valence-electron chi connectivity index (χ0n) is 15.7. The van der Waals surface area contributed by atoms with Gasteiger partial charge in [0.05, 0.1) is 11.5 Å². The van der Waals surface area contributed by atoms with Gasteiger partial charge < -0.3 is 20.3 Å². The van der Waals surface area contributed by atoms with Gasteiger partial charge in [0.2, 0.25) is 0 Å². The Balaban J connectivity index is 1.41. The largest absolute Gasteiger partial charge is 0.484 e. The first-order valence-electron chi connectivity index (χ1n) is 9.42. The van der Waals surface area contributed by atoms with Crippen LogP contribution in [0.5, 0.6) is 5.75 Å². The summed E-state index contributed by atoms with van der Waals surface area (Å²) in [5, 5.41) is 6.10. The molecular weight excluding hydrogens is 411 g/mol. The predicted molar refractivity (Wildman–Crippen MR) is 102 cm³/mol. The highest BCUT2D eigenvalue weighted by molar-refractivity contribution is 7.91. The third-order valence-corrected chi connectivity index (χ3v) is 6.76. The van der Waals surface area contributed by atoms with Crippen molar-refractivity contribution in [3.8, 4) is 5.75 Å². The first-order chi connectivity index (χ1) is 13.6. The first-order valence-corrected chi connectivity index (χ1v) is 11.2. The second-order valence-electron chi connectivity index (χ2n) is 7.39. The van der Waals surface area contributed by atoms with Crippen LogP contribution in [0.25, 0.3) is 0 Å². The molecule has 7 nitrogen and oxygen atoms in total. The lowest BCUT2D eigenvalue weighted by Gasteiger charge is -2.33. The number of urea groups is 1. The van der Waals surface area contributed by atoms with Crippen LogP contribution in [0.2, 0.25) is 0 Å². The summed E-state index contributed by atoms with van der Waals surface area (Å²) in [6, 6.07) is 5.60. The summed E-state index contributed by atoms with van der Waals surface area (Å²) < 4.78 is 64.2. The maximum absolute atomic E-state index is 12.4. The van der Waals surface area contributed by atoms with Gasteiger partial charge in [-0.1, -0.05) is 0 Å². The number of likely N-dealkylation sites (tertiary alicyclic amines) is 1. The monoisotopic (exact) mass is 435 g/mol. The van der Waals surface area contributed by atoms with Gasteiger partial charge in [-0.05, 0) is 43.5 Å². The Hall–Kier alpha value is -2.01. The molecule has 3 rings (SSSR count). The molecule has 0 bridgehead atoms. The number of piperidine rings is 1. The average molecular weight is 435 g/mol. The van der Waals surface area contributed by atoms with Crippen LogP contribution in [0.1, 0.15) is 19.3 Å². The van der Waals surface area contributed by atoms with E-state index in [4.69, 9.17) is 0 Å². The van der Waals surface area contributed by atoms with E-state index in [-0.39, 0.29) is 35.4 Å². The minimum absolute atomic E-state index is 0.0107. The lowest BCUT2D eigenvalue weighted by molar-refractivity contribution is -0.153. The molecule has 2 aliphatic rings. The molecule has 0 aliphatic carbocycles. The zero-order valence-corrected chi connectivity index (χ0v) is 16.6. The number of nitrogens with one attached hydrogen (secondary N) is 2. The van der Waals surface area contributed by atoms with Gasteiger partial charge >= 0.3 is 12.2 Å². The van der Waals surface area contributed by atoms with Gasteiger partial charge in [0.25, 0.3) is 0 Å². The molecule has 1 atom stereocenters. The average Bonchev–Trinajstić information content (AvgIpc) is 2.99. The van der Waals surface area contributed by atoms with Crippen LogP contribution in [-0.2, 0) is 9.84 Å². The predicted octanol–water partition coefficient (Wildman–Crippen LogP) is 2.40. The Bertz CT molecular complexity index is 807. The van der Waals surface area contributed by atoms with Crippen molar-refractivity contribution in [2.24, 2.45) is 0 Å². The molecular formula is C18H24F3N3O4S. The molecule has 1 aromatic rings. The smallest absolute Gasteiger partial charge is 0.422 e. The molecule has 29 heavy (non-hydrogen) atoms. The number of hydrogen-bond acceptors (Lipinski definition) is 5. The standard InChI is InChI=1S/C18H24F3N3O4S/c19-18(20,21)12-28-16-3-1-13(2-4-16)23-17(25)24-8-5-14(6-9-24)22-15-7-10-29(26,27)11-15/h1-4,14-15,22H,5-12H2,(H,23,25). The second-order valence-corrected chi connectivity index (χ2v) is 9.62. The number of rotatable bonds is 5. The summed E-state index contributed by atoms with van der Waals surface area (Å²) in [5.41, 5.74) is 0.464. The number of halogens is 3. The molecule has 0 radical (unpaired) electrons. The quantitative estimate of drug-likeness (QED) is 0.742. The topological polar surface area (TPSA) is 87.7 Å². The fourth-order valence-corrected chi connectivity index (χ4v) is 5.20. The van der Waals surface area contributed by atoms with Crippen molar-refractivity contribution in [1.82, 2.24) is 10.2 Å². The van der Waals surface area contributed by atoms with Crippen LogP contribution in [0.4, 0.5) is 23.7 Å². The van der Waals surface area contributed by atoms with Gasteiger partial charge in [0.1, 0.15) is 5.75 Å². The van der Waals surface area contributed by atoms with E-state index in [0.717, 1.165) is 12.8 Å². The zero-order chi connectivity index (χ0) is 21.1. The van der Waals surface area contributed by atoms with Crippen molar-refractivity contribution in [2.45, 2.75) is 37.5 Å². The molecule has 2 N–H and O–H groups in total. The van der Waals surface area contributed by atoms with Crippen LogP contribution in [0.15, 0.2) is 24.3 Å². The number of alkyl halides is 3. The molecule has 0 saturated carbocycles. The molecule has 2 aliphatic heterocycles. The van der Waals surface area contributed by atoms with E-state index >= 15 is 0 Å². The molecule has 2 amide bonds. The number of carbonyl (C=O) groups excluding carboxylic acids is 1. The summed E-state index contributed by atoms with van der Waals surface area (Å²) in [5.74, 6) is 0.476. The van der Waals surface area contributed by atoms with Crippen molar-refractivity contribution in [3.05, 3.63) is 24.3 Å². The molecule has 11 heteroatoms. The second kappa shape index (κ2) is 8.78. The Kier molecular flexibility index (Phi) is 6.57. The Morgan fingerprint density at radius 1 is 1.10 bits per heavy atom. The number of ether oxygens (including phenoxy) is 1. The summed E-state index contributed by atoms with van der Waals surface area (Å²) in [4.78, 5) is 14.0. The van der Waals surface area contributed by atoms with E-state index in [1.54, 1.807) is 4.90 Å². The van der Waals surface area contributed by atoms with Gasteiger partial charge in [-0.25, -0.2) is 13.2 Å². The van der Waals surface area contributed by atoms with E-state index in [1.807, 2.05) is 0 Å². The van der Waals surface area contributed by atoms with Crippen LogP contribution < -0.4 is 15.4 Å². The number of benzene rings is 1. The molecule has 0 aromatic heterocycles. The van der Waals surface area contributed by atoms with E-state index in [1.165, 1.54) is 24.3 Å². The van der Waals surface area contributed by atoms with Crippen molar-refractivity contribution >= 4 is 21.6 Å². The van der Waals surface area contributed by atoms with E-state index < -0.39 is 22.6 Å². The normalized spacial score (nSPS) is 22.4. The summed E-state index contributed by atoms with van der Waals surface area (Å²) in [6.07, 6.45) is -2.31. The molecule has 1 aromatic carbocycles. The number of carbonyl (C=O) groups is 1. The van der Waals surface area contributed by atoms with Gasteiger partial charge in [0.15, 0.2) is 16.4 Å². The van der Waals surface area contributed by atoms with Crippen LogP contribution in [0, 0.1) is 0 Å². The minimum Gasteiger partial charge on any atom is -0.484 e. The maximum Gasteiger partial charge on any atom is 0.422 e. The highest BCUT2D eigenvalue weighted by Gasteiger charge is 2.31. The van der Waals surface area contributed by atoms with Crippen molar-refractivity contribution < 1.29 is 31.1 Å². The van der Waals surface area contributed by atoms with Gasteiger partial charge in [-0.3, -0.25) is 0 Å². The highest BCUT2D eigenvalue weighted by Crippen LogP contribution is 2.21. The Morgan fingerprint density at radius 2 is 1.76 bits per heavy atom. The summed E-state index contributed by atoms with van der Waals surface area (Å²) >= 11 is 0. The SMILES string of the molecule is O=C(Nc1ccc(OCC(F)(F)F)cc1)N1CCC(NC2CCS(=O)(=O)C2)CC1.